The van der Waals surface area contributed by atoms with Crippen LogP contribution in [0.5, 0.6) is 5.75 Å². The molecule has 2 heterocycles. The van der Waals surface area contributed by atoms with Crippen molar-refractivity contribution >= 4 is 11.9 Å². The van der Waals surface area contributed by atoms with Crippen molar-refractivity contribution in [2.24, 2.45) is 0 Å². The molecule has 1 aliphatic heterocycles. The maximum atomic E-state index is 13.8. The topological polar surface area (TPSA) is 60.2 Å². The fourth-order valence-electron chi connectivity index (χ4n) is 4.41. The Hall–Kier alpha value is -3.93. The zero-order chi connectivity index (χ0) is 22.1. The third-order valence-electron chi connectivity index (χ3n) is 5.99. The van der Waals surface area contributed by atoms with Gasteiger partial charge >= 0.3 is 0 Å². The number of ether oxygens (including phenoxy) is 1. The second kappa shape index (κ2) is 8.30. The summed E-state index contributed by atoms with van der Waals surface area (Å²) in [7, 11) is 1.65. The van der Waals surface area contributed by atoms with Crippen molar-refractivity contribution in [1.29, 1.82) is 0 Å². The van der Waals surface area contributed by atoms with Crippen LogP contribution in [0.1, 0.15) is 45.6 Å². The van der Waals surface area contributed by atoms with Crippen molar-refractivity contribution < 1.29 is 9.53 Å². The summed E-state index contributed by atoms with van der Waals surface area (Å²) >= 11 is 0. The molecule has 0 saturated heterocycles. The minimum atomic E-state index is -0.198. The lowest BCUT2D eigenvalue weighted by Gasteiger charge is -2.39. The first kappa shape index (κ1) is 20.0. The molecule has 0 bridgehead atoms. The summed E-state index contributed by atoms with van der Waals surface area (Å²) < 4.78 is 7.20. The Labute approximate surface area is 187 Å². The molecule has 5 rings (SSSR count). The third-order valence-corrected chi connectivity index (χ3v) is 5.99. The van der Waals surface area contributed by atoms with E-state index < -0.39 is 0 Å². The number of hydrogen-bond donors (Lipinski definition) is 0. The Balaban J connectivity index is 1.64. The highest BCUT2D eigenvalue weighted by atomic mass is 16.5. The van der Waals surface area contributed by atoms with Crippen LogP contribution >= 0.6 is 0 Å². The predicted octanol–water partition coefficient (Wildman–Crippen LogP) is 4.98. The molecule has 6 heteroatoms. The van der Waals surface area contributed by atoms with Crippen molar-refractivity contribution in [2.45, 2.75) is 25.4 Å². The van der Waals surface area contributed by atoms with Crippen LogP contribution in [-0.4, -0.2) is 27.8 Å². The van der Waals surface area contributed by atoms with E-state index in [1.807, 2.05) is 78.3 Å². The van der Waals surface area contributed by atoms with Crippen LogP contribution < -0.4 is 9.64 Å². The summed E-state index contributed by atoms with van der Waals surface area (Å²) in [4.78, 5) is 20.1. The second-order valence-electron chi connectivity index (χ2n) is 8.00. The average Bonchev–Trinajstić information content (AvgIpc) is 3.33. The van der Waals surface area contributed by atoms with Gasteiger partial charge in [-0.25, -0.2) is 4.68 Å². The van der Waals surface area contributed by atoms with Gasteiger partial charge in [0.2, 0.25) is 5.95 Å². The van der Waals surface area contributed by atoms with E-state index in [1.165, 1.54) is 6.33 Å². The second-order valence-corrected chi connectivity index (χ2v) is 8.00. The molecule has 0 aliphatic carbocycles. The predicted molar refractivity (Wildman–Crippen MR) is 123 cm³/mol. The number of aromatic nitrogens is 3. The summed E-state index contributed by atoms with van der Waals surface area (Å²) in [6.45, 7) is 1.99. The van der Waals surface area contributed by atoms with Crippen molar-refractivity contribution in [3.05, 3.63) is 107 Å². The van der Waals surface area contributed by atoms with E-state index in [2.05, 4.69) is 22.2 Å². The number of rotatable bonds is 4. The summed E-state index contributed by atoms with van der Waals surface area (Å²) in [5.41, 5.74) is 3.84. The molecule has 1 amide bonds. The molecule has 0 unspecified atom stereocenters. The SMILES string of the molecule is COc1ccc([C@H]2C[C@@H](c3ccccc3)n3ncnc3N2C(=O)c2cccc(C)c2)cc1. The molecular formula is C26H24N4O2. The Morgan fingerprint density at radius 3 is 2.41 bits per heavy atom. The van der Waals surface area contributed by atoms with Gasteiger partial charge in [0.25, 0.3) is 5.91 Å². The van der Waals surface area contributed by atoms with E-state index in [4.69, 9.17) is 4.74 Å². The van der Waals surface area contributed by atoms with Crippen molar-refractivity contribution in [3.8, 4) is 5.75 Å². The van der Waals surface area contributed by atoms with E-state index >= 15 is 0 Å². The first-order valence-corrected chi connectivity index (χ1v) is 10.6. The number of anilines is 1. The molecule has 0 N–H and O–H groups in total. The third kappa shape index (κ3) is 3.54. The number of aryl methyl sites for hydroxylation is 1. The van der Waals surface area contributed by atoms with Gasteiger partial charge in [0.15, 0.2) is 0 Å². The number of carbonyl (C=O) groups is 1. The lowest BCUT2D eigenvalue weighted by molar-refractivity contribution is 0.0963. The average molecular weight is 425 g/mol. The normalized spacial score (nSPS) is 17.6. The van der Waals surface area contributed by atoms with Gasteiger partial charge in [-0.15, -0.1) is 0 Å². The van der Waals surface area contributed by atoms with E-state index in [9.17, 15) is 4.79 Å². The number of amides is 1. The quantitative estimate of drug-likeness (QED) is 0.464. The van der Waals surface area contributed by atoms with Crippen LogP contribution in [0.3, 0.4) is 0 Å². The minimum absolute atomic E-state index is 0.0256. The first-order chi connectivity index (χ1) is 15.7. The van der Waals surface area contributed by atoms with Gasteiger partial charge in [-0.3, -0.25) is 9.69 Å². The van der Waals surface area contributed by atoms with Crippen molar-refractivity contribution in [2.75, 3.05) is 12.0 Å². The van der Waals surface area contributed by atoms with Gasteiger partial charge in [0.05, 0.1) is 19.2 Å². The van der Waals surface area contributed by atoms with Crippen LogP contribution in [0, 0.1) is 6.92 Å². The van der Waals surface area contributed by atoms with E-state index in [0.717, 1.165) is 22.4 Å². The Bertz CT molecular complexity index is 1230. The fourth-order valence-corrected chi connectivity index (χ4v) is 4.41. The lowest BCUT2D eigenvalue weighted by Crippen LogP contribution is -2.42. The first-order valence-electron chi connectivity index (χ1n) is 10.6. The van der Waals surface area contributed by atoms with Crippen molar-refractivity contribution in [1.82, 2.24) is 14.8 Å². The monoisotopic (exact) mass is 424 g/mol. The molecule has 2 atom stereocenters. The van der Waals surface area contributed by atoms with Crippen LogP contribution in [0.4, 0.5) is 5.95 Å². The molecule has 1 aliphatic rings. The molecule has 0 fully saturated rings. The van der Waals surface area contributed by atoms with Crippen LogP contribution in [-0.2, 0) is 0 Å². The van der Waals surface area contributed by atoms with E-state index in [-0.39, 0.29) is 18.0 Å². The number of nitrogens with zero attached hydrogens (tertiary/aromatic N) is 4. The molecule has 4 aromatic rings. The Morgan fingerprint density at radius 1 is 0.938 bits per heavy atom. The number of methoxy groups -OCH3 is 1. The number of fused-ring (bicyclic) bond motifs is 1. The number of hydrogen-bond acceptors (Lipinski definition) is 4. The van der Waals surface area contributed by atoms with Gasteiger partial charge in [-0.1, -0.05) is 60.2 Å². The lowest BCUT2D eigenvalue weighted by atomic mass is 9.91. The molecule has 1 aromatic heterocycles. The summed E-state index contributed by atoms with van der Waals surface area (Å²) in [6.07, 6.45) is 2.21. The van der Waals surface area contributed by atoms with Crippen LogP contribution in [0.25, 0.3) is 0 Å². The Morgan fingerprint density at radius 2 is 1.69 bits per heavy atom. The largest absolute Gasteiger partial charge is 0.497 e. The smallest absolute Gasteiger partial charge is 0.261 e. The molecule has 0 spiro atoms. The summed E-state index contributed by atoms with van der Waals surface area (Å²) in [6, 6.07) is 25.6. The molecule has 6 nitrogen and oxygen atoms in total. The highest BCUT2D eigenvalue weighted by Gasteiger charge is 2.39. The van der Waals surface area contributed by atoms with Crippen LogP contribution in [0.15, 0.2) is 85.2 Å². The highest BCUT2D eigenvalue weighted by Crippen LogP contribution is 2.42. The van der Waals surface area contributed by atoms with Gasteiger partial charge in [-0.05, 0) is 48.7 Å². The van der Waals surface area contributed by atoms with E-state index in [0.29, 0.717) is 17.9 Å². The van der Waals surface area contributed by atoms with Gasteiger partial charge in [0.1, 0.15) is 12.1 Å². The Kier molecular flexibility index (Phi) is 5.19. The maximum absolute atomic E-state index is 13.8. The molecule has 0 radical (unpaired) electrons. The standard InChI is InChI=1S/C26H24N4O2/c1-18-7-6-10-21(15-18)25(31)29-23(20-11-13-22(32-2)14-12-20)16-24(19-8-4-3-5-9-19)30-26(29)27-17-28-30/h3-15,17,23-24H,16H2,1-2H3/t23-,24+/m1/s1. The van der Waals surface area contributed by atoms with Gasteiger partial charge < -0.3 is 4.74 Å². The maximum Gasteiger partial charge on any atom is 0.261 e. The van der Waals surface area contributed by atoms with Gasteiger partial charge in [0, 0.05) is 5.56 Å². The zero-order valence-electron chi connectivity index (χ0n) is 18.1. The summed E-state index contributed by atoms with van der Waals surface area (Å²) in [5, 5.41) is 4.51. The van der Waals surface area contributed by atoms with E-state index in [1.54, 1.807) is 12.0 Å². The number of carbonyl (C=O) groups excluding carboxylic acids is 1. The van der Waals surface area contributed by atoms with Crippen LogP contribution in [0.2, 0.25) is 0 Å². The molecular weight excluding hydrogens is 400 g/mol. The summed E-state index contributed by atoms with van der Waals surface area (Å²) in [5.74, 6) is 1.25. The van der Waals surface area contributed by atoms with Crippen molar-refractivity contribution in [3.63, 3.8) is 0 Å². The number of benzene rings is 3. The molecule has 32 heavy (non-hydrogen) atoms. The molecule has 0 saturated carbocycles. The fraction of sp³-hybridized carbons (Fsp3) is 0.192. The zero-order valence-corrected chi connectivity index (χ0v) is 18.1. The molecule has 160 valence electrons. The minimum Gasteiger partial charge on any atom is -0.497 e. The van der Waals surface area contributed by atoms with Gasteiger partial charge in [-0.2, -0.15) is 10.1 Å². The highest BCUT2D eigenvalue weighted by molar-refractivity contribution is 6.06. The molecule has 3 aromatic carbocycles.